The molecule has 2 aromatic carbocycles. The summed E-state index contributed by atoms with van der Waals surface area (Å²) in [6.45, 7) is 2.93. The van der Waals surface area contributed by atoms with Gasteiger partial charge in [0.05, 0.1) is 36.0 Å². The van der Waals surface area contributed by atoms with Crippen molar-refractivity contribution in [1.82, 2.24) is 4.90 Å². The van der Waals surface area contributed by atoms with Crippen molar-refractivity contribution in [3.05, 3.63) is 53.6 Å². The number of rotatable bonds is 4. The standard InChI is InChI=1S/C21H22ClN3O3/c1-28-19-9-5-4-8-17(19)25-20(26)14-18(21(25)27)24-12-10-23(11-13-24)16-7-3-2-6-15(16)22/h2-9,18H,10-14H2,1H3/t18-/m0/s1. The molecule has 2 amide bonds. The maximum Gasteiger partial charge on any atom is 0.251 e. The van der Waals surface area contributed by atoms with E-state index in [1.165, 1.54) is 12.0 Å². The van der Waals surface area contributed by atoms with Gasteiger partial charge in [-0.25, -0.2) is 4.90 Å². The largest absolute Gasteiger partial charge is 0.495 e. The Kier molecular flexibility index (Phi) is 5.24. The highest BCUT2D eigenvalue weighted by Crippen LogP contribution is 2.33. The van der Waals surface area contributed by atoms with Gasteiger partial charge in [-0.15, -0.1) is 0 Å². The average molecular weight is 400 g/mol. The van der Waals surface area contributed by atoms with Crippen LogP contribution in [0.15, 0.2) is 48.5 Å². The molecule has 0 saturated carbocycles. The zero-order valence-corrected chi connectivity index (χ0v) is 16.4. The second-order valence-electron chi connectivity index (χ2n) is 6.93. The Bertz CT molecular complexity index is 896. The molecule has 6 nitrogen and oxygen atoms in total. The van der Waals surface area contributed by atoms with Gasteiger partial charge in [0.25, 0.3) is 5.91 Å². The topological polar surface area (TPSA) is 53.1 Å². The third kappa shape index (κ3) is 3.34. The summed E-state index contributed by atoms with van der Waals surface area (Å²) in [4.78, 5) is 31.3. The molecule has 0 radical (unpaired) electrons. The molecule has 146 valence electrons. The van der Waals surface area contributed by atoms with Gasteiger partial charge in [0, 0.05) is 26.2 Å². The number of benzene rings is 2. The Hall–Kier alpha value is -2.57. The molecule has 0 spiro atoms. The predicted molar refractivity (Wildman–Crippen MR) is 109 cm³/mol. The Morgan fingerprint density at radius 3 is 2.25 bits per heavy atom. The maximum absolute atomic E-state index is 13.1. The summed E-state index contributed by atoms with van der Waals surface area (Å²) in [5.74, 6) is 0.155. The van der Waals surface area contributed by atoms with Crippen LogP contribution in [-0.4, -0.2) is 56.0 Å². The predicted octanol–water partition coefficient (Wildman–Crippen LogP) is 2.80. The lowest BCUT2D eigenvalue weighted by Gasteiger charge is -2.38. The Labute approximate surface area is 169 Å². The second kappa shape index (κ2) is 7.81. The Balaban J connectivity index is 1.47. The number of nitrogens with zero attached hydrogens (tertiary/aromatic N) is 3. The number of anilines is 2. The van der Waals surface area contributed by atoms with Gasteiger partial charge in [0.1, 0.15) is 5.75 Å². The van der Waals surface area contributed by atoms with Gasteiger partial charge in [-0.05, 0) is 24.3 Å². The van der Waals surface area contributed by atoms with E-state index >= 15 is 0 Å². The first-order valence-electron chi connectivity index (χ1n) is 9.33. The Morgan fingerprint density at radius 2 is 1.57 bits per heavy atom. The van der Waals surface area contributed by atoms with E-state index in [2.05, 4.69) is 9.80 Å². The van der Waals surface area contributed by atoms with Gasteiger partial charge in [0.2, 0.25) is 5.91 Å². The quantitative estimate of drug-likeness (QED) is 0.740. The van der Waals surface area contributed by atoms with Crippen molar-refractivity contribution in [2.45, 2.75) is 12.5 Å². The molecule has 2 aliphatic heterocycles. The number of carbonyl (C=O) groups is 2. The minimum absolute atomic E-state index is 0.180. The zero-order chi connectivity index (χ0) is 19.7. The molecule has 4 rings (SSSR count). The van der Waals surface area contributed by atoms with Gasteiger partial charge in [-0.3, -0.25) is 14.5 Å². The van der Waals surface area contributed by atoms with Crippen molar-refractivity contribution in [1.29, 1.82) is 0 Å². The molecule has 0 unspecified atom stereocenters. The average Bonchev–Trinajstić information content (AvgIpc) is 3.02. The first kappa shape index (κ1) is 18.8. The Morgan fingerprint density at radius 1 is 0.929 bits per heavy atom. The number of piperazine rings is 1. The highest BCUT2D eigenvalue weighted by molar-refractivity contribution is 6.33. The number of imide groups is 1. The van der Waals surface area contributed by atoms with E-state index in [9.17, 15) is 9.59 Å². The molecule has 0 aromatic heterocycles. The monoisotopic (exact) mass is 399 g/mol. The summed E-state index contributed by atoms with van der Waals surface area (Å²) in [6.07, 6.45) is 0.197. The summed E-state index contributed by atoms with van der Waals surface area (Å²) in [7, 11) is 1.54. The lowest BCUT2D eigenvalue weighted by Crippen LogP contribution is -2.52. The number of halogens is 1. The molecule has 2 heterocycles. The third-order valence-electron chi connectivity index (χ3n) is 5.40. The van der Waals surface area contributed by atoms with Crippen LogP contribution in [0.4, 0.5) is 11.4 Å². The van der Waals surface area contributed by atoms with E-state index in [1.54, 1.807) is 18.2 Å². The van der Waals surface area contributed by atoms with Crippen LogP contribution < -0.4 is 14.5 Å². The molecule has 7 heteroatoms. The summed E-state index contributed by atoms with van der Waals surface area (Å²) in [5.41, 5.74) is 1.52. The van der Waals surface area contributed by atoms with Crippen LogP contribution in [0.1, 0.15) is 6.42 Å². The van der Waals surface area contributed by atoms with Gasteiger partial charge in [-0.1, -0.05) is 35.9 Å². The highest BCUT2D eigenvalue weighted by atomic mass is 35.5. The number of methoxy groups -OCH3 is 1. The van der Waals surface area contributed by atoms with Crippen molar-refractivity contribution in [2.24, 2.45) is 0 Å². The molecule has 1 atom stereocenters. The molecule has 2 aromatic rings. The summed E-state index contributed by atoms with van der Waals surface area (Å²) >= 11 is 6.31. The molecule has 2 fully saturated rings. The van der Waals surface area contributed by atoms with E-state index in [0.717, 1.165) is 23.8 Å². The number of para-hydroxylation sites is 3. The number of carbonyl (C=O) groups excluding carboxylic acids is 2. The van der Waals surface area contributed by atoms with E-state index in [1.807, 2.05) is 30.3 Å². The SMILES string of the molecule is COc1ccccc1N1C(=O)C[C@H](N2CCN(c3ccccc3Cl)CC2)C1=O. The number of amides is 2. The van der Waals surface area contributed by atoms with Crippen LogP contribution in [0.25, 0.3) is 0 Å². The number of hydrogen-bond donors (Lipinski definition) is 0. The van der Waals surface area contributed by atoms with E-state index in [-0.39, 0.29) is 18.2 Å². The molecule has 0 N–H and O–H groups in total. The van der Waals surface area contributed by atoms with Crippen molar-refractivity contribution in [3.63, 3.8) is 0 Å². The maximum atomic E-state index is 13.1. The zero-order valence-electron chi connectivity index (χ0n) is 15.7. The lowest BCUT2D eigenvalue weighted by molar-refractivity contribution is -0.123. The molecule has 2 aliphatic rings. The molecule has 0 aliphatic carbocycles. The fourth-order valence-corrected chi connectivity index (χ4v) is 4.21. The molecular formula is C21H22ClN3O3. The molecule has 28 heavy (non-hydrogen) atoms. The normalized spacial score (nSPS) is 20.7. The van der Waals surface area contributed by atoms with Gasteiger partial charge >= 0.3 is 0 Å². The molecule has 2 saturated heterocycles. The van der Waals surface area contributed by atoms with Crippen molar-refractivity contribution >= 4 is 34.8 Å². The van der Waals surface area contributed by atoms with Crippen molar-refractivity contribution in [3.8, 4) is 5.75 Å². The van der Waals surface area contributed by atoms with E-state index < -0.39 is 6.04 Å². The van der Waals surface area contributed by atoms with Crippen LogP contribution in [0.5, 0.6) is 5.75 Å². The van der Waals surface area contributed by atoms with Gasteiger partial charge in [0.15, 0.2) is 0 Å². The van der Waals surface area contributed by atoms with Crippen molar-refractivity contribution in [2.75, 3.05) is 43.1 Å². The smallest absolute Gasteiger partial charge is 0.251 e. The first-order valence-corrected chi connectivity index (χ1v) is 9.71. The summed E-state index contributed by atoms with van der Waals surface area (Å²) in [5, 5.41) is 0.727. The third-order valence-corrected chi connectivity index (χ3v) is 5.72. The van der Waals surface area contributed by atoms with Crippen LogP contribution in [0.3, 0.4) is 0 Å². The van der Waals surface area contributed by atoms with Crippen LogP contribution >= 0.6 is 11.6 Å². The van der Waals surface area contributed by atoms with E-state index in [0.29, 0.717) is 24.5 Å². The van der Waals surface area contributed by atoms with Gasteiger partial charge < -0.3 is 9.64 Å². The fraction of sp³-hybridized carbons (Fsp3) is 0.333. The van der Waals surface area contributed by atoms with Gasteiger partial charge in [-0.2, -0.15) is 0 Å². The molecular weight excluding hydrogens is 378 g/mol. The lowest BCUT2D eigenvalue weighted by atomic mass is 10.1. The first-order chi connectivity index (χ1) is 13.6. The number of ether oxygens (including phenoxy) is 1. The summed E-state index contributed by atoms with van der Waals surface area (Å²) < 4.78 is 5.33. The second-order valence-corrected chi connectivity index (χ2v) is 7.34. The fourth-order valence-electron chi connectivity index (χ4n) is 3.95. The minimum atomic E-state index is -0.425. The molecule has 0 bridgehead atoms. The highest BCUT2D eigenvalue weighted by Gasteiger charge is 2.44. The van der Waals surface area contributed by atoms with Crippen LogP contribution in [0, 0.1) is 0 Å². The van der Waals surface area contributed by atoms with Crippen molar-refractivity contribution < 1.29 is 14.3 Å². The summed E-state index contributed by atoms with van der Waals surface area (Å²) in [6, 6.07) is 14.5. The number of hydrogen-bond acceptors (Lipinski definition) is 5. The minimum Gasteiger partial charge on any atom is -0.495 e. The van der Waals surface area contributed by atoms with Crippen LogP contribution in [0.2, 0.25) is 5.02 Å². The van der Waals surface area contributed by atoms with Crippen LogP contribution in [-0.2, 0) is 9.59 Å². The van der Waals surface area contributed by atoms with E-state index in [4.69, 9.17) is 16.3 Å².